The Morgan fingerprint density at radius 2 is 1.60 bits per heavy atom. The Balaban J connectivity index is 1.59. The third-order valence-electron chi connectivity index (χ3n) is 5.52. The molecule has 1 aliphatic heterocycles. The lowest BCUT2D eigenvalue weighted by Gasteiger charge is -2.30. The van der Waals surface area contributed by atoms with Crippen LogP contribution in [0.2, 0.25) is 0 Å². The number of aliphatic hydroxyl groups is 1. The van der Waals surface area contributed by atoms with Gasteiger partial charge < -0.3 is 5.11 Å². The number of hydrogen-bond acceptors (Lipinski definition) is 4. The molecule has 2 aromatic carbocycles. The van der Waals surface area contributed by atoms with Crippen LogP contribution in [0.3, 0.4) is 0 Å². The fourth-order valence-electron chi connectivity index (χ4n) is 4.12. The summed E-state index contributed by atoms with van der Waals surface area (Å²) in [5.74, 6) is 0. The fourth-order valence-corrected chi connectivity index (χ4v) is 4.12. The van der Waals surface area contributed by atoms with Crippen LogP contribution in [0.15, 0.2) is 58.1 Å². The van der Waals surface area contributed by atoms with Gasteiger partial charge in [0.05, 0.1) is 30.1 Å². The van der Waals surface area contributed by atoms with E-state index in [1.54, 1.807) is 12.1 Å². The van der Waals surface area contributed by atoms with Gasteiger partial charge in [-0.2, -0.15) is 0 Å². The number of halogens is 2. The third kappa shape index (κ3) is 4.06. The number of rotatable bonds is 6. The molecule has 0 spiro atoms. The van der Waals surface area contributed by atoms with E-state index in [1.165, 1.54) is 23.3 Å². The van der Waals surface area contributed by atoms with Gasteiger partial charge in [-0.15, -0.1) is 0 Å². The number of para-hydroxylation sites is 1. The van der Waals surface area contributed by atoms with Crippen LogP contribution >= 0.6 is 0 Å². The van der Waals surface area contributed by atoms with E-state index in [0.717, 1.165) is 22.1 Å². The highest BCUT2D eigenvalue weighted by molar-refractivity contribution is 5.77. The molecule has 0 saturated carbocycles. The smallest absolute Gasteiger partial charge is 0.331 e. The maximum atomic E-state index is 13.1. The first kappa shape index (κ1) is 20.4. The van der Waals surface area contributed by atoms with Crippen LogP contribution in [0.5, 0.6) is 0 Å². The van der Waals surface area contributed by atoms with Crippen molar-refractivity contribution in [3.8, 4) is 0 Å². The van der Waals surface area contributed by atoms with Crippen LogP contribution in [-0.4, -0.2) is 44.8 Å². The molecule has 2 heterocycles. The molecule has 1 aliphatic rings. The van der Waals surface area contributed by atoms with E-state index in [2.05, 4.69) is 11.0 Å². The van der Waals surface area contributed by atoms with E-state index in [1.807, 2.05) is 18.2 Å². The summed E-state index contributed by atoms with van der Waals surface area (Å²) in [5.41, 5.74) is 1.24. The monoisotopic (exact) mass is 415 g/mol. The van der Waals surface area contributed by atoms with Gasteiger partial charge in [-0.1, -0.05) is 36.4 Å². The molecule has 0 amide bonds. The highest BCUT2D eigenvalue weighted by Gasteiger charge is 2.21. The minimum absolute atomic E-state index is 0.172. The minimum atomic E-state index is -2.74. The number of fused-ring (bicyclic) bond motifs is 2. The molecule has 1 aromatic heterocycles. The highest BCUT2D eigenvalue weighted by Crippen LogP contribution is 2.18. The van der Waals surface area contributed by atoms with Crippen LogP contribution in [0.4, 0.5) is 8.78 Å². The number of aliphatic hydroxyl groups excluding tert-OH is 1. The van der Waals surface area contributed by atoms with E-state index in [9.17, 15) is 23.5 Å². The molecule has 4 rings (SSSR count). The number of hydrogen-bond donors (Lipinski definition) is 1. The van der Waals surface area contributed by atoms with E-state index >= 15 is 0 Å². The Morgan fingerprint density at radius 1 is 0.900 bits per heavy atom. The summed E-state index contributed by atoms with van der Waals surface area (Å²) in [6.45, 7) is 0.663. The molecular formula is C22H23F2N3O3. The Morgan fingerprint density at radius 3 is 2.37 bits per heavy atom. The molecule has 158 valence electrons. The zero-order valence-electron chi connectivity index (χ0n) is 16.4. The first-order valence-corrected chi connectivity index (χ1v) is 9.92. The maximum Gasteiger partial charge on any atom is 0.331 e. The number of β-amino-alcohol motifs (C(OH)–C–C–N with tert-alkyl or cyclic N) is 1. The lowest BCUT2D eigenvalue weighted by atomic mass is 10.00. The molecule has 0 saturated heterocycles. The molecule has 30 heavy (non-hydrogen) atoms. The van der Waals surface area contributed by atoms with Gasteiger partial charge in [0, 0.05) is 19.6 Å². The molecule has 8 heteroatoms. The average molecular weight is 415 g/mol. The summed E-state index contributed by atoms with van der Waals surface area (Å²) >= 11 is 0. The lowest BCUT2D eigenvalue weighted by Crippen LogP contribution is -2.45. The Bertz CT molecular complexity index is 1170. The molecule has 0 bridgehead atoms. The van der Waals surface area contributed by atoms with Crippen LogP contribution < -0.4 is 11.2 Å². The predicted octanol–water partition coefficient (Wildman–Crippen LogP) is 1.85. The maximum absolute atomic E-state index is 13.1. The summed E-state index contributed by atoms with van der Waals surface area (Å²) in [6, 6.07) is 14.3. The Hall–Kier alpha value is -2.84. The van der Waals surface area contributed by atoms with Gasteiger partial charge in [-0.05, 0) is 29.7 Å². The largest absolute Gasteiger partial charge is 0.390 e. The standard InChI is InChI=1S/C22H23F2N3O3/c23-20(24)14-26-19-8-4-3-7-18(19)21(29)27(22(26)30)13-17(28)12-25-10-9-15-5-1-2-6-16(15)11-25/h1-8,17,20,28H,9-14H2/t17-/m1/s1. The number of aromatic nitrogens is 2. The second kappa shape index (κ2) is 8.49. The highest BCUT2D eigenvalue weighted by atomic mass is 19.3. The summed E-state index contributed by atoms with van der Waals surface area (Å²) in [7, 11) is 0. The van der Waals surface area contributed by atoms with E-state index in [-0.39, 0.29) is 24.0 Å². The van der Waals surface area contributed by atoms with E-state index < -0.39 is 30.3 Å². The van der Waals surface area contributed by atoms with Crippen molar-refractivity contribution in [1.29, 1.82) is 0 Å². The van der Waals surface area contributed by atoms with Crippen molar-refractivity contribution in [1.82, 2.24) is 14.0 Å². The zero-order valence-corrected chi connectivity index (χ0v) is 16.4. The average Bonchev–Trinajstić information content (AvgIpc) is 2.74. The summed E-state index contributed by atoms with van der Waals surface area (Å²) < 4.78 is 27.9. The molecule has 6 nitrogen and oxygen atoms in total. The van der Waals surface area contributed by atoms with Crippen LogP contribution in [-0.2, 0) is 26.1 Å². The zero-order chi connectivity index (χ0) is 21.3. The predicted molar refractivity (Wildman–Crippen MR) is 110 cm³/mol. The van der Waals surface area contributed by atoms with Gasteiger partial charge in [-0.3, -0.25) is 18.8 Å². The van der Waals surface area contributed by atoms with Gasteiger partial charge >= 0.3 is 5.69 Å². The first-order chi connectivity index (χ1) is 14.4. The molecular weight excluding hydrogens is 392 g/mol. The van der Waals surface area contributed by atoms with Gasteiger partial charge in [0.2, 0.25) is 0 Å². The van der Waals surface area contributed by atoms with Gasteiger partial charge in [-0.25, -0.2) is 13.6 Å². The molecule has 3 aromatic rings. The van der Waals surface area contributed by atoms with Crippen molar-refractivity contribution in [3.63, 3.8) is 0 Å². The molecule has 0 fully saturated rings. The topological polar surface area (TPSA) is 67.5 Å². The molecule has 0 unspecified atom stereocenters. The fraction of sp³-hybridized carbons (Fsp3) is 0.364. The van der Waals surface area contributed by atoms with Crippen LogP contribution in [0, 0.1) is 0 Å². The van der Waals surface area contributed by atoms with E-state index in [0.29, 0.717) is 6.54 Å². The van der Waals surface area contributed by atoms with Crippen molar-refractivity contribution in [2.24, 2.45) is 0 Å². The molecule has 0 aliphatic carbocycles. The number of benzene rings is 2. The SMILES string of the molecule is O=c1c2ccccc2n(CC(F)F)c(=O)n1C[C@H](O)CN1CCc2ccccc2C1. The summed E-state index contributed by atoms with van der Waals surface area (Å²) in [6.07, 6.45) is -2.86. The Labute approximate surface area is 171 Å². The normalized spacial score (nSPS) is 15.5. The van der Waals surface area contributed by atoms with Gasteiger partial charge in [0.15, 0.2) is 0 Å². The molecule has 0 radical (unpaired) electrons. The summed E-state index contributed by atoms with van der Waals surface area (Å²) in [5, 5.41) is 10.8. The van der Waals surface area contributed by atoms with Gasteiger partial charge in [0.1, 0.15) is 0 Å². The second-order valence-corrected chi connectivity index (χ2v) is 7.62. The van der Waals surface area contributed by atoms with Crippen molar-refractivity contribution >= 4 is 10.9 Å². The quantitative estimate of drug-likeness (QED) is 0.667. The van der Waals surface area contributed by atoms with Crippen molar-refractivity contribution in [3.05, 3.63) is 80.5 Å². The number of nitrogens with zero attached hydrogens (tertiary/aromatic N) is 3. The second-order valence-electron chi connectivity index (χ2n) is 7.62. The molecule has 1 N–H and O–H groups in total. The first-order valence-electron chi connectivity index (χ1n) is 9.92. The van der Waals surface area contributed by atoms with E-state index in [4.69, 9.17) is 0 Å². The third-order valence-corrected chi connectivity index (χ3v) is 5.52. The van der Waals surface area contributed by atoms with Crippen molar-refractivity contribution < 1.29 is 13.9 Å². The summed E-state index contributed by atoms with van der Waals surface area (Å²) in [4.78, 5) is 27.7. The Kier molecular flexibility index (Phi) is 5.78. The van der Waals surface area contributed by atoms with Crippen LogP contribution in [0.1, 0.15) is 11.1 Å². The minimum Gasteiger partial charge on any atom is -0.390 e. The van der Waals surface area contributed by atoms with Crippen molar-refractivity contribution in [2.75, 3.05) is 13.1 Å². The lowest BCUT2D eigenvalue weighted by molar-refractivity contribution is 0.0887. The number of alkyl halides is 2. The molecule has 1 atom stereocenters. The van der Waals surface area contributed by atoms with Crippen LogP contribution in [0.25, 0.3) is 10.9 Å². The van der Waals surface area contributed by atoms with Crippen molar-refractivity contribution in [2.45, 2.75) is 38.6 Å². The van der Waals surface area contributed by atoms with Gasteiger partial charge in [0.25, 0.3) is 12.0 Å².